The van der Waals surface area contributed by atoms with Gasteiger partial charge >= 0.3 is 11.9 Å². The standard InChI is InChI=1S/C26H30N2O10/c1-10(29)37-15-8-6-7-12-16(15)20(31)17-13(25(12,3)36)9-14-19(28(4)5)21(32)18(24(27)35)23(34)26(14,22(17)33)38-11(2)30/h6-8,13-14,17,19,22,33-34,36H,9H2,1-5H3,(H2,27,35)/t13?,14?,17?,19-,22?,25+,26-/m0/s1. The summed E-state index contributed by atoms with van der Waals surface area (Å²) in [6.45, 7) is 3.58. The highest BCUT2D eigenvalue weighted by Crippen LogP contribution is 2.59. The van der Waals surface area contributed by atoms with Crippen molar-refractivity contribution in [2.24, 2.45) is 23.5 Å². The molecule has 1 aromatic rings. The molecular formula is C26H30N2O10. The first-order valence-corrected chi connectivity index (χ1v) is 12.0. The third-order valence-corrected chi connectivity index (χ3v) is 7.99. The van der Waals surface area contributed by atoms with Crippen LogP contribution in [-0.2, 0) is 29.5 Å². The van der Waals surface area contributed by atoms with Crippen LogP contribution in [0.1, 0.15) is 43.1 Å². The van der Waals surface area contributed by atoms with Gasteiger partial charge < -0.3 is 30.5 Å². The molecule has 1 aromatic carbocycles. The van der Waals surface area contributed by atoms with Crippen molar-refractivity contribution in [3.63, 3.8) is 0 Å². The number of esters is 2. The third-order valence-electron chi connectivity index (χ3n) is 7.99. The average Bonchev–Trinajstić information content (AvgIpc) is 2.78. The van der Waals surface area contributed by atoms with Crippen LogP contribution < -0.4 is 10.5 Å². The van der Waals surface area contributed by atoms with E-state index in [0.717, 1.165) is 13.8 Å². The minimum atomic E-state index is -2.42. The Kier molecular flexibility index (Phi) is 6.49. The van der Waals surface area contributed by atoms with E-state index in [2.05, 4.69) is 0 Å². The highest BCUT2D eigenvalue weighted by Gasteiger charge is 2.71. The molecule has 0 aromatic heterocycles. The molecule has 0 radical (unpaired) electrons. The molecule has 0 saturated heterocycles. The molecule has 5 N–H and O–H groups in total. The van der Waals surface area contributed by atoms with Crippen LogP contribution in [0.15, 0.2) is 29.5 Å². The summed E-state index contributed by atoms with van der Waals surface area (Å²) in [5.74, 6) is -9.49. The van der Waals surface area contributed by atoms with Crippen LogP contribution in [0.5, 0.6) is 5.75 Å². The van der Waals surface area contributed by atoms with Crippen LogP contribution in [0.2, 0.25) is 0 Å². The molecule has 12 heteroatoms. The van der Waals surface area contributed by atoms with E-state index in [1.54, 1.807) is 0 Å². The maximum atomic E-state index is 14.0. The summed E-state index contributed by atoms with van der Waals surface area (Å²) in [6, 6.07) is 3.14. The highest BCUT2D eigenvalue weighted by molar-refractivity contribution is 6.22. The lowest BCUT2D eigenvalue weighted by molar-refractivity contribution is -0.224. The zero-order valence-corrected chi connectivity index (χ0v) is 21.5. The number of hydrogen-bond donors (Lipinski definition) is 4. The number of aliphatic hydroxyl groups excluding tert-OH is 2. The Hall–Kier alpha value is -3.61. The Morgan fingerprint density at radius 3 is 2.24 bits per heavy atom. The van der Waals surface area contributed by atoms with Gasteiger partial charge in [-0.15, -0.1) is 0 Å². The number of ketones is 2. The molecule has 0 aliphatic heterocycles. The van der Waals surface area contributed by atoms with E-state index in [-0.39, 0.29) is 23.3 Å². The normalized spacial score (nSPS) is 34.3. The second-order valence-corrected chi connectivity index (χ2v) is 10.5. The van der Waals surface area contributed by atoms with Crippen molar-refractivity contribution in [2.75, 3.05) is 14.1 Å². The molecule has 0 bridgehead atoms. The van der Waals surface area contributed by atoms with Gasteiger partial charge in [0.1, 0.15) is 17.4 Å². The number of primary amides is 1. The fraction of sp³-hybridized carbons (Fsp3) is 0.500. The Balaban J connectivity index is 2.04. The van der Waals surface area contributed by atoms with Crippen LogP contribution in [0, 0.1) is 17.8 Å². The van der Waals surface area contributed by atoms with Gasteiger partial charge in [0.2, 0.25) is 5.60 Å². The molecule has 7 atom stereocenters. The van der Waals surface area contributed by atoms with Crippen LogP contribution in [0.3, 0.4) is 0 Å². The van der Waals surface area contributed by atoms with E-state index in [1.807, 2.05) is 0 Å². The number of ether oxygens (including phenoxy) is 2. The number of likely N-dealkylation sites (N-methyl/N-ethyl adjacent to an activating group) is 1. The monoisotopic (exact) mass is 530 g/mol. The molecule has 0 heterocycles. The van der Waals surface area contributed by atoms with E-state index in [0.29, 0.717) is 0 Å². The van der Waals surface area contributed by atoms with Gasteiger partial charge in [-0.3, -0.25) is 28.9 Å². The number of carbonyl (C=O) groups excluding carboxylic acids is 5. The number of nitrogens with two attached hydrogens (primary N) is 1. The van der Waals surface area contributed by atoms with Crippen molar-refractivity contribution in [3.8, 4) is 5.75 Å². The summed E-state index contributed by atoms with van der Waals surface area (Å²) in [7, 11) is 3.04. The third kappa shape index (κ3) is 3.66. The van der Waals surface area contributed by atoms with Gasteiger partial charge in [0.15, 0.2) is 17.3 Å². The minimum Gasteiger partial charge on any atom is -0.507 e. The fourth-order valence-electron chi connectivity index (χ4n) is 6.60. The topological polar surface area (TPSA) is 194 Å². The maximum Gasteiger partial charge on any atom is 0.308 e. The van der Waals surface area contributed by atoms with E-state index in [1.165, 1.54) is 44.1 Å². The molecule has 4 unspecified atom stereocenters. The fourth-order valence-corrected chi connectivity index (χ4v) is 6.60. The van der Waals surface area contributed by atoms with E-state index >= 15 is 0 Å². The number of nitrogens with zero attached hydrogens (tertiary/aromatic N) is 1. The Morgan fingerprint density at radius 2 is 1.71 bits per heavy atom. The average molecular weight is 531 g/mol. The zero-order valence-electron chi connectivity index (χ0n) is 21.5. The maximum absolute atomic E-state index is 14.0. The zero-order chi connectivity index (χ0) is 28.5. The second-order valence-electron chi connectivity index (χ2n) is 10.5. The summed E-state index contributed by atoms with van der Waals surface area (Å²) >= 11 is 0. The summed E-state index contributed by atoms with van der Waals surface area (Å²) in [5, 5.41) is 35.0. The molecule has 38 heavy (non-hydrogen) atoms. The molecule has 3 aliphatic carbocycles. The van der Waals surface area contributed by atoms with Gasteiger partial charge in [-0.1, -0.05) is 12.1 Å². The minimum absolute atomic E-state index is 0.142. The Bertz CT molecular complexity index is 1300. The number of amides is 1. The summed E-state index contributed by atoms with van der Waals surface area (Å²) in [6.07, 6.45) is -2.21. The van der Waals surface area contributed by atoms with Gasteiger partial charge in [0.05, 0.1) is 23.1 Å². The molecule has 4 rings (SSSR count). The number of benzene rings is 1. The molecule has 0 spiro atoms. The van der Waals surface area contributed by atoms with E-state index in [9.17, 15) is 39.3 Å². The summed E-state index contributed by atoms with van der Waals surface area (Å²) in [5.41, 5.74) is 0.357. The number of Topliss-reactive ketones (excluding diaryl/α,β-unsaturated/α-hetero) is 2. The SMILES string of the molecule is CC(=O)Oc1cccc2c1C(=O)C1C(O)[C@]3(OC(C)=O)C(O)=C(C(N)=O)C(=O)[C@@H](N(C)C)C3CC1[C@]2(C)O. The van der Waals surface area contributed by atoms with Gasteiger partial charge in [-0.25, -0.2) is 0 Å². The summed E-state index contributed by atoms with van der Waals surface area (Å²) in [4.78, 5) is 65.2. The second kappa shape index (κ2) is 9.00. The molecule has 1 saturated carbocycles. The molecule has 204 valence electrons. The van der Waals surface area contributed by atoms with Crippen LogP contribution in [0.25, 0.3) is 0 Å². The van der Waals surface area contributed by atoms with E-state index in [4.69, 9.17) is 15.2 Å². The van der Waals surface area contributed by atoms with Crippen molar-refractivity contribution < 1.29 is 48.8 Å². The molecular weight excluding hydrogens is 500 g/mol. The number of aliphatic hydroxyl groups is 3. The number of rotatable bonds is 4. The van der Waals surface area contributed by atoms with Crippen LogP contribution >= 0.6 is 0 Å². The van der Waals surface area contributed by atoms with Crippen LogP contribution in [-0.4, -0.2) is 81.5 Å². The van der Waals surface area contributed by atoms with Gasteiger partial charge in [-0.05, 0) is 39.1 Å². The van der Waals surface area contributed by atoms with E-state index < -0.39 is 81.8 Å². The number of fused-ring (bicyclic) bond motifs is 3. The van der Waals surface area contributed by atoms with Gasteiger partial charge in [-0.2, -0.15) is 0 Å². The van der Waals surface area contributed by atoms with Crippen molar-refractivity contribution >= 4 is 29.4 Å². The highest BCUT2D eigenvalue weighted by atomic mass is 16.6. The van der Waals surface area contributed by atoms with Crippen molar-refractivity contribution in [3.05, 3.63) is 40.7 Å². The molecule has 1 fully saturated rings. The van der Waals surface area contributed by atoms with Gasteiger partial charge in [0.25, 0.3) is 5.91 Å². The first-order chi connectivity index (χ1) is 17.6. The molecule has 1 amide bonds. The molecule has 12 nitrogen and oxygen atoms in total. The quantitative estimate of drug-likeness (QED) is 0.228. The van der Waals surface area contributed by atoms with Crippen LogP contribution in [0.4, 0.5) is 0 Å². The lowest BCUT2D eigenvalue weighted by Gasteiger charge is -2.59. The Labute approximate surface area is 218 Å². The first-order valence-electron chi connectivity index (χ1n) is 12.0. The van der Waals surface area contributed by atoms with Crippen molar-refractivity contribution in [1.82, 2.24) is 4.90 Å². The largest absolute Gasteiger partial charge is 0.507 e. The smallest absolute Gasteiger partial charge is 0.308 e. The lowest BCUT2D eigenvalue weighted by Crippen LogP contribution is -2.72. The predicted octanol–water partition coefficient (Wildman–Crippen LogP) is -0.259. The van der Waals surface area contributed by atoms with Gasteiger partial charge in [0, 0.05) is 25.7 Å². The summed E-state index contributed by atoms with van der Waals surface area (Å²) < 4.78 is 10.8. The predicted molar refractivity (Wildman–Crippen MR) is 129 cm³/mol. The van der Waals surface area contributed by atoms with Crippen molar-refractivity contribution in [2.45, 2.75) is 50.5 Å². The number of hydrogen-bond acceptors (Lipinski definition) is 11. The van der Waals surface area contributed by atoms with Crippen molar-refractivity contribution in [1.29, 1.82) is 0 Å². The molecule has 3 aliphatic rings. The first kappa shape index (κ1) is 27.4. The Morgan fingerprint density at radius 1 is 1.08 bits per heavy atom. The number of carbonyl (C=O) groups is 5. The lowest BCUT2D eigenvalue weighted by atomic mass is 9.50.